The van der Waals surface area contributed by atoms with E-state index in [1.54, 1.807) is 26.1 Å². The molecule has 1 unspecified atom stereocenters. The first-order valence-electron chi connectivity index (χ1n) is 17.0. The maximum atomic E-state index is 13.8. The van der Waals surface area contributed by atoms with Gasteiger partial charge in [-0.2, -0.15) is 4.98 Å². The van der Waals surface area contributed by atoms with Gasteiger partial charge in [-0.05, 0) is 51.3 Å². The van der Waals surface area contributed by atoms with E-state index in [1.165, 1.54) is 42.1 Å². The zero-order chi connectivity index (χ0) is 36.5. The number of urea groups is 2. The number of aliphatic carboxylic acids is 1. The lowest BCUT2D eigenvalue weighted by Gasteiger charge is -2.36. The summed E-state index contributed by atoms with van der Waals surface area (Å²) in [5.41, 5.74) is 0.114. The number of aromatic nitrogens is 2. The molecule has 1 spiro atoms. The number of nitrogens with one attached hydrogen (secondary N) is 1. The number of carbonyl (C=O) groups excluding carboxylic acids is 5. The number of hydrogen-bond donors (Lipinski definition) is 2. The highest BCUT2D eigenvalue weighted by atomic mass is 16.4. The summed E-state index contributed by atoms with van der Waals surface area (Å²) in [6.07, 6.45) is 3.61. The van der Waals surface area contributed by atoms with Gasteiger partial charge in [-0.3, -0.25) is 19.3 Å². The van der Waals surface area contributed by atoms with Crippen LogP contribution in [0.15, 0.2) is 30.5 Å². The number of likely N-dealkylation sites (N-methyl/N-ethyl adjacent to an activating group) is 2. The lowest BCUT2D eigenvalue weighted by atomic mass is 9.80. The Morgan fingerprint density at radius 3 is 2.18 bits per heavy atom. The maximum Gasteiger partial charge on any atom is 0.333 e. The second-order valence-corrected chi connectivity index (χ2v) is 12.8. The number of carboxylic acid groups (broad SMARTS) is 1. The van der Waals surface area contributed by atoms with Crippen molar-refractivity contribution in [1.29, 1.82) is 0 Å². The van der Waals surface area contributed by atoms with Gasteiger partial charge in [-0.15, -0.1) is 0 Å². The number of hydrogen-bond acceptors (Lipinski definition) is 10. The number of imide groups is 2. The van der Waals surface area contributed by atoms with Crippen molar-refractivity contribution in [1.82, 2.24) is 24.7 Å². The first-order valence-corrected chi connectivity index (χ1v) is 17.0. The molecule has 2 aliphatic heterocycles. The van der Waals surface area contributed by atoms with Crippen molar-refractivity contribution in [2.75, 3.05) is 53.7 Å². The van der Waals surface area contributed by atoms with Gasteiger partial charge < -0.3 is 25.1 Å². The predicted molar refractivity (Wildman–Crippen MR) is 185 cm³/mol. The van der Waals surface area contributed by atoms with Crippen LogP contribution >= 0.6 is 0 Å². The third kappa shape index (κ3) is 6.18. The molecule has 3 aliphatic rings. The number of anilines is 4. The van der Waals surface area contributed by atoms with Crippen LogP contribution in [0, 0.1) is 0 Å². The minimum Gasteiger partial charge on any atom is -0.480 e. The molecule has 2 N–H and O–H groups in total. The van der Waals surface area contributed by atoms with Crippen molar-refractivity contribution in [2.24, 2.45) is 0 Å². The Morgan fingerprint density at radius 1 is 0.980 bits per heavy atom. The quantitative estimate of drug-likeness (QED) is 0.312. The van der Waals surface area contributed by atoms with Crippen molar-refractivity contribution in [3.8, 4) is 0 Å². The van der Waals surface area contributed by atoms with Crippen LogP contribution in [0.25, 0.3) is 0 Å². The Labute approximate surface area is 291 Å². The Kier molecular flexibility index (Phi) is 10.3. The van der Waals surface area contributed by atoms with Crippen LogP contribution < -0.4 is 20.0 Å². The van der Waals surface area contributed by atoms with E-state index in [2.05, 4.69) is 15.3 Å². The molecule has 1 aromatic carbocycles. The zero-order valence-corrected chi connectivity index (χ0v) is 29.4. The summed E-state index contributed by atoms with van der Waals surface area (Å²) in [6, 6.07) is 3.77. The van der Waals surface area contributed by atoms with Gasteiger partial charge in [0.25, 0.3) is 11.8 Å². The second-order valence-electron chi connectivity index (χ2n) is 12.8. The number of carbonyl (C=O) groups is 6. The van der Waals surface area contributed by atoms with E-state index in [4.69, 9.17) is 0 Å². The molecule has 7 amide bonds. The van der Waals surface area contributed by atoms with Crippen LogP contribution in [0.3, 0.4) is 0 Å². The Bertz CT molecular complexity index is 1670. The van der Waals surface area contributed by atoms with Crippen LogP contribution in [0.5, 0.6) is 0 Å². The number of amides is 7. The van der Waals surface area contributed by atoms with E-state index in [9.17, 15) is 33.9 Å². The summed E-state index contributed by atoms with van der Waals surface area (Å²) in [5, 5.41) is 13.2. The van der Waals surface area contributed by atoms with Gasteiger partial charge in [-0.1, -0.05) is 31.4 Å². The number of benzene rings is 1. The van der Waals surface area contributed by atoms with E-state index in [0.717, 1.165) is 34.0 Å². The predicted octanol–water partition coefficient (Wildman–Crippen LogP) is 3.12. The van der Waals surface area contributed by atoms with Gasteiger partial charge >= 0.3 is 18.0 Å². The van der Waals surface area contributed by atoms with Gasteiger partial charge in [-0.25, -0.2) is 29.2 Å². The fourth-order valence-electron chi connectivity index (χ4n) is 7.13. The highest BCUT2D eigenvalue weighted by Crippen LogP contribution is 2.41. The second kappa shape index (κ2) is 14.3. The molecule has 0 radical (unpaired) electrons. The zero-order valence-electron chi connectivity index (χ0n) is 29.4. The average molecular weight is 692 g/mol. The van der Waals surface area contributed by atoms with Crippen LogP contribution in [-0.2, 0) is 25.6 Å². The van der Waals surface area contributed by atoms with Gasteiger partial charge in [0.15, 0.2) is 12.0 Å². The standard InChI is InChI=1S/C34H45N9O7/c1-7-40(8-2)31-35-20-25(41(9-3)21(4)44)26(37-31)36-24(29(46)47)19-22-13-15-23(16-14-22)42-28(45)27(38(5)32(42)49)43-30(48)34(39(6)33(43)50)17-11-10-12-18-34/h13-16,20,24,27H,7-12,17-19H2,1-6H3,(H,46,47)(H,35,36,37)/t24-,27?/m0/s1. The van der Waals surface area contributed by atoms with Crippen molar-refractivity contribution >= 4 is 58.9 Å². The van der Waals surface area contributed by atoms with Gasteiger partial charge in [0.1, 0.15) is 17.3 Å². The molecule has 16 nitrogen and oxygen atoms in total. The third-order valence-electron chi connectivity index (χ3n) is 10.0. The topological polar surface area (TPSA) is 180 Å². The van der Waals surface area contributed by atoms with Crippen molar-refractivity contribution in [3.05, 3.63) is 36.0 Å². The van der Waals surface area contributed by atoms with E-state index < -0.39 is 47.6 Å². The van der Waals surface area contributed by atoms with Crippen LogP contribution in [-0.4, -0.2) is 117 Å². The summed E-state index contributed by atoms with van der Waals surface area (Å²) in [4.78, 5) is 96.0. The fraction of sp³-hybridized carbons (Fsp3) is 0.529. The summed E-state index contributed by atoms with van der Waals surface area (Å²) < 4.78 is 0. The average Bonchev–Trinajstić information content (AvgIpc) is 3.41. The van der Waals surface area contributed by atoms with E-state index in [1.807, 2.05) is 18.7 Å². The third-order valence-corrected chi connectivity index (χ3v) is 10.0. The molecule has 3 fully saturated rings. The summed E-state index contributed by atoms with van der Waals surface area (Å²) >= 11 is 0. The SMILES string of the molecule is CCN(CC)c1ncc(N(CC)C(C)=O)c(N[C@@H](Cc2ccc(N3C(=O)C(N4C(=O)N(C)C5(CCCCC5)C4=O)N(C)C3=O)cc2)C(=O)O)n1. The maximum absolute atomic E-state index is 13.8. The first kappa shape index (κ1) is 36.0. The highest BCUT2D eigenvalue weighted by Gasteiger charge is 2.62. The summed E-state index contributed by atoms with van der Waals surface area (Å²) in [5.74, 6) is -2.04. The normalized spacial score (nSPS) is 19.4. The molecule has 16 heteroatoms. The van der Waals surface area contributed by atoms with Crippen molar-refractivity contribution in [3.63, 3.8) is 0 Å². The number of carboxylic acids is 1. The molecular formula is C34H45N9O7. The molecule has 1 aliphatic carbocycles. The molecule has 3 heterocycles. The number of nitrogens with zero attached hydrogens (tertiary/aromatic N) is 8. The van der Waals surface area contributed by atoms with E-state index >= 15 is 0 Å². The van der Waals surface area contributed by atoms with E-state index in [-0.39, 0.29) is 23.8 Å². The molecule has 1 saturated carbocycles. The molecule has 2 aromatic rings. The minimum atomic E-state index is -1.42. The van der Waals surface area contributed by atoms with Crippen LogP contribution in [0.1, 0.15) is 65.4 Å². The highest BCUT2D eigenvalue weighted by molar-refractivity contribution is 6.23. The molecular weight excluding hydrogens is 646 g/mol. The first-order chi connectivity index (χ1) is 23.8. The smallest absolute Gasteiger partial charge is 0.333 e. The van der Waals surface area contributed by atoms with Gasteiger partial charge in [0.2, 0.25) is 11.9 Å². The monoisotopic (exact) mass is 691 g/mol. The van der Waals surface area contributed by atoms with Crippen LogP contribution in [0.2, 0.25) is 0 Å². The minimum absolute atomic E-state index is 0.0124. The summed E-state index contributed by atoms with van der Waals surface area (Å²) in [6.45, 7) is 8.66. The van der Waals surface area contributed by atoms with Gasteiger partial charge in [0.05, 0.1) is 11.9 Å². The molecule has 1 aromatic heterocycles. The Morgan fingerprint density at radius 2 is 1.62 bits per heavy atom. The molecule has 0 bridgehead atoms. The molecule has 50 heavy (non-hydrogen) atoms. The van der Waals surface area contributed by atoms with E-state index in [0.29, 0.717) is 49.7 Å². The lowest BCUT2D eigenvalue weighted by molar-refractivity contribution is -0.141. The molecule has 2 atom stereocenters. The van der Waals surface area contributed by atoms with Gasteiger partial charge in [0, 0.05) is 47.1 Å². The molecule has 5 rings (SSSR count). The summed E-state index contributed by atoms with van der Waals surface area (Å²) in [7, 11) is 2.95. The molecule has 2 saturated heterocycles. The number of rotatable bonds is 12. The van der Waals surface area contributed by atoms with Crippen molar-refractivity contribution < 1.29 is 33.9 Å². The van der Waals surface area contributed by atoms with Crippen LogP contribution in [0.4, 0.5) is 32.7 Å². The largest absolute Gasteiger partial charge is 0.480 e. The Balaban J connectivity index is 1.37. The Hall–Kier alpha value is -5.28. The lowest BCUT2D eigenvalue weighted by Crippen LogP contribution is -2.53. The van der Waals surface area contributed by atoms with Crippen molar-refractivity contribution in [2.45, 2.75) is 84.0 Å². The fourth-order valence-corrected chi connectivity index (χ4v) is 7.13. The molecule has 268 valence electrons.